The number of anilines is 2. The van der Waals surface area contributed by atoms with Crippen LogP contribution in [0.2, 0.25) is 0 Å². The Morgan fingerprint density at radius 3 is 1.69 bits per heavy atom. The van der Waals surface area contributed by atoms with Crippen molar-refractivity contribution in [2.24, 2.45) is 0 Å². The van der Waals surface area contributed by atoms with Gasteiger partial charge in [-0.25, -0.2) is 14.4 Å². The summed E-state index contributed by atoms with van der Waals surface area (Å²) in [5.41, 5.74) is 4.04. The van der Waals surface area contributed by atoms with E-state index in [9.17, 15) is 36.2 Å². The lowest BCUT2D eigenvalue weighted by Crippen LogP contribution is -2.21. The molecule has 8 nitrogen and oxygen atoms in total. The predicted molar refractivity (Wildman–Crippen MR) is 129 cm³/mol. The highest BCUT2D eigenvalue weighted by Crippen LogP contribution is 2.32. The minimum absolute atomic E-state index is 0.311. The molecule has 2 heterocycles. The zero-order valence-electron chi connectivity index (χ0n) is 19.1. The molecule has 206 valence electrons. The number of hydrogen-bond donors (Lipinski definition) is 4. The number of aromatic nitrogens is 1. The van der Waals surface area contributed by atoms with E-state index in [4.69, 9.17) is 19.8 Å². The molecule has 0 amide bonds. The third-order valence-electron chi connectivity index (χ3n) is 4.41. The van der Waals surface area contributed by atoms with E-state index < -0.39 is 30.3 Å². The summed E-state index contributed by atoms with van der Waals surface area (Å²) in [5, 5.41) is 27.6. The number of alkyl halides is 6. The Bertz CT molecular complexity index is 1410. The van der Waals surface area contributed by atoms with E-state index in [0.717, 1.165) is 27.0 Å². The Kier molecular flexibility index (Phi) is 9.97. The molecule has 0 fully saturated rings. The molecule has 0 atom stereocenters. The summed E-state index contributed by atoms with van der Waals surface area (Å²) in [7, 11) is 0. The van der Waals surface area contributed by atoms with Gasteiger partial charge in [0.05, 0.1) is 16.6 Å². The van der Waals surface area contributed by atoms with Crippen LogP contribution in [0.3, 0.4) is 0 Å². The molecule has 0 bridgehead atoms. The summed E-state index contributed by atoms with van der Waals surface area (Å²) < 4.78 is 64.3. The molecular weight excluding hydrogens is 558 g/mol. The second kappa shape index (κ2) is 12.7. The molecule has 39 heavy (non-hydrogen) atoms. The van der Waals surface area contributed by atoms with Crippen LogP contribution in [-0.2, 0) is 9.59 Å². The van der Waals surface area contributed by atoms with E-state index in [1.165, 1.54) is 16.9 Å². The van der Waals surface area contributed by atoms with Crippen molar-refractivity contribution in [3.05, 3.63) is 77.9 Å². The molecule has 2 aromatic carbocycles. The van der Waals surface area contributed by atoms with E-state index in [-0.39, 0.29) is 0 Å². The molecule has 0 aliphatic heterocycles. The first-order valence-electron chi connectivity index (χ1n) is 10.2. The van der Waals surface area contributed by atoms with Crippen LogP contribution in [0.5, 0.6) is 0 Å². The Morgan fingerprint density at radius 1 is 0.744 bits per heavy atom. The lowest BCUT2D eigenvalue weighted by Gasteiger charge is -2.08. The summed E-state index contributed by atoms with van der Waals surface area (Å²) in [5.74, 6) is -6.43. The van der Waals surface area contributed by atoms with Gasteiger partial charge in [-0.3, -0.25) is 4.98 Å². The van der Waals surface area contributed by atoms with Crippen molar-refractivity contribution in [3.8, 4) is 11.1 Å². The fourth-order valence-corrected chi connectivity index (χ4v) is 3.59. The first-order chi connectivity index (χ1) is 18.1. The van der Waals surface area contributed by atoms with Crippen LogP contribution in [0.15, 0.2) is 73.1 Å². The molecule has 0 aliphatic carbocycles. The highest BCUT2D eigenvalue weighted by molar-refractivity contribution is 7.20. The average Bonchev–Trinajstić information content (AvgIpc) is 3.31. The van der Waals surface area contributed by atoms with Crippen molar-refractivity contribution in [1.29, 1.82) is 0 Å². The maximum atomic E-state index is 11.2. The van der Waals surface area contributed by atoms with Gasteiger partial charge in [0.25, 0.3) is 0 Å². The summed E-state index contributed by atoms with van der Waals surface area (Å²) in [4.78, 5) is 33.5. The van der Waals surface area contributed by atoms with E-state index in [1.54, 1.807) is 18.5 Å². The predicted octanol–water partition coefficient (Wildman–Crippen LogP) is 6.67. The summed E-state index contributed by atoms with van der Waals surface area (Å²) in [6.45, 7) is 0. The summed E-state index contributed by atoms with van der Waals surface area (Å²) in [6.07, 6.45) is -6.76. The van der Waals surface area contributed by atoms with Crippen LogP contribution in [0.4, 0.5) is 37.7 Å². The highest BCUT2D eigenvalue weighted by Gasteiger charge is 2.38. The standard InChI is InChI=1S/C20H14N2O2S.2C2HF3O2/c23-20(24)18-10-16-17(11-21-12-19(16)25-18)22-15-8-6-14(7-9-15)13-4-2-1-3-5-13;2*3-2(4,5)1(6)7/h1-12,22H,(H,23,24);2*(H,6,7). The quantitative estimate of drug-likeness (QED) is 0.198. The van der Waals surface area contributed by atoms with Crippen molar-refractivity contribution in [2.75, 3.05) is 5.32 Å². The number of carboxylic acids is 3. The molecule has 0 unspecified atom stereocenters. The van der Waals surface area contributed by atoms with Crippen molar-refractivity contribution in [3.63, 3.8) is 0 Å². The second-order valence-electron chi connectivity index (χ2n) is 7.19. The minimum Gasteiger partial charge on any atom is -0.477 e. The number of halogens is 6. The number of fused-ring (bicyclic) bond motifs is 1. The van der Waals surface area contributed by atoms with E-state index in [1.807, 2.05) is 30.3 Å². The van der Waals surface area contributed by atoms with Crippen LogP contribution in [0, 0.1) is 0 Å². The van der Waals surface area contributed by atoms with Crippen LogP contribution in [0.1, 0.15) is 9.67 Å². The fraction of sp³-hybridized carbons (Fsp3) is 0.0833. The first kappa shape index (κ1) is 30.6. The van der Waals surface area contributed by atoms with Gasteiger partial charge < -0.3 is 20.6 Å². The molecule has 0 saturated carbocycles. The average molecular weight is 574 g/mol. The molecule has 4 rings (SSSR count). The summed E-state index contributed by atoms with van der Waals surface area (Å²) in [6, 6.07) is 20.0. The molecule has 0 radical (unpaired) electrons. The fourth-order valence-electron chi connectivity index (χ4n) is 2.70. The van der Waals surface area contributed by atoms with Crippen LogP contribution >= 0.6 is 11.3 Å². The van der Waals surface area contributed by atoms with Crippen LogP contribution in [0.25, 0.3) is 21.2 Å². The van der Waals surface area contributed by atoms with E-state index in [2.05, 4.69) is 34.6 Å². The molecule has 0 saturated heterocycles. The van der Waals surface area contributed by atoms with Gasteiger partial charge in [-0.05, 0) is 29.3 Å². The number of aliphatic carboxylic acids is 2. The van der Waals surface area contributed by atoms with Crippen molar-refractivity contribution in [1.82, 2.24) is 4.98 Å². The van der Waals surface area contributed by atoms with Gasteiger partial charge in [0.2, 0.25) is 0 Å². The van der Waals surface area contributed by atoms with Gasteiger partial charge in [-0.2, -0.15) is 26.3 Å². The zero-order chi connectivity index (χ0) is 29.4. The molecule has 0 aliphatic rings. The Balaban J connectivity index is 0.000000317. The van der Waals surface area contributed by atoms with Crippen molar-refractivity contribution < 1.29 is 56.0 Å². The normalized spacial score (nSPS) is 10.9. The van der Waals surface area contributed by atoms with E-state index >= 15 is 0 Å². The van der Waals surface area contributed by atoms with Gasteiger partial charge in [0, 0.05) is 17.3 Å². The van der Waals surface area contributed by atoms with Gasteiger partial charge in [-0.15, -0.1) is 11.3 Å². The number of pyridine rings is 1. The zero-order valence-corrected chi connectivity index (χ0v) is 19.9. The third-order valence-corrected chi connectivity index (χ3v) is 5.47. The number of carbonyl (C=O) groups is 3. The maximum Gasteiger partial charge on any atom is 0.490 e. The van der Waals surface area contributed by atoms with E-state index in [0.29, 0.717) is 4.88 Å². The Hall–Kier alpha value is -4.66. The largest absolute Gasteiger partial charge is 0.490 e. The van der Waals surface area contributed by atoms with Gasteiger partial charge in [0.15, 0.2) is 0 Å². The van der Waals surface area contributed by atoms with Crippen molar-refractivity contribution >= 4 is 50.7 Å². The molecular formula is C24H16F6N2O6S. The van der Waals surface area contributed by atoms with Crippen molar-refractivity contribution in [2.45, 2.75) is 12.4 Å². The first-order valence-corrected chi connectivity index (χ1v) is 11.0. The molecule has 4 N–H and O–H groups in total. The number of benzene rings is 2. The monoisotopic (exact) mass is 574 g/mol. The van der Waals surface area contributed by atoms with Gasteiger partial charge >= 0.3 is 30.3 Å². The number of thiophene rings is 1. The van der Waals surface area contributed by atoms with Crippen LogP contribution < -0.4 is 5.32 Å². The molecule has 0 spiro atoms. The number of carboxylic acid groups (broad SMARTS) is 3. The number of rotatable bonds is 4. The van der Waals surface area contributed by atoms with Gasteiger partial charge in [0.1, 0.15) is 4.88 Å². The number of nitrogens with one attached hydrogen (secondary N) is 1. The maximum absolute atomic E-state index is 11.2. The highest BCUT2D eigenvalue weighted by atomic mass is 32.1. The number of aromatic carboxylic acids is 1. The molecule has 4 aromatic rings. The third kappa shape index (κ3) is 9.30. The lowest BCUT2D eigenvalue weighted by molar-refractivity contribution is -0.193. The molecule has 15 heteroatoms. The lowest BCUT2D eigenvalue weighted by atomic mass is 10.1. The Labute approximate surface area is 218 Å². The summed E-state index contributed by atoms with van der Waals surface area (Å²) >= 11 is 1.23. The topological polar surface area (TPSA) is 137 Å². The van der Waals surface area contributed by atoms with Gasteiger partial charge in [-0.1, -0.05) is 42.5 Å². The minimum atomic E-state index is -5.08. The SMILES string of the molecule is O=C(O)C(F)(F)F.O=C(O)C(F)(F)F.O=C(O)c1cc2c(Nc3ccc(-c4ccccc4)cc3)cncc2s1. The smallest absolute Gasteiger partial charge is 0.477 e. The number of hydrogen-bond acceptors (Lipinski definition) is 6. The van der Waals surface area contributed by atoms with Crippen LogP contribution in [-0.4, -0.2) is 50.6 Å². The second-order valence-corrected chi connectivity index (χ2v) is 8.27. The molecule has 2 aromatic heterocycles. The number of nitrogens with zero attached hydrogens (tertiary/aromatic N) is 1. The Morgan fingerprint density at radius 2 is 1.23 bits per heavy atom.